The van der Waals surface area contributed by atoms with Crippen molar-refractivity contribution in [2.75, 3.05) is 18.5 Å². The highest BCUT2D eigenvalue weighted by atomic mass is 35.5. The molecule has 0 aliphatic carbocycles. The quantitative estimate of drug-likeness (QED) is 0.757. The first-order chi connectivity index (χ1) is 12.6. The Bertz CT molecular complexity index is 823. The van der Waals surface area contributed by atoms with Crippen molar-refractivity contribution in [2.24, 2.45) is 5.92 Å². The van der Waals surface area contributed by atoms with E-state index >= 15 is 0 Å². The highest BCUT2D eigenvalue weighted by molar-refractivity contribution is 6.32. The van der Waals surface area contributed by atoms with Crippen LogP contribution in [-0.4, -0.2) is 18.3 Å². The molecule has 5 heteroatoms. The van der Waals surface area contributed by atoms with E-state index in [-0.39, 0.29) is 17.9 Å². The maximum absolute atomic E-state index is 10.2. The van der Waals surface area contributed by atoms with Gasteiger partial charge >= 0.3 is 0 Å². The molecule has 1 saturated heterocycles. The van der Waals surface area contributed by atoms with Gasteiger partial charge in [-0.3, -0.25) is 0 Å². The lowest BCUT2D eigenvalue weighted by Gasteiger charge is -2.43. The minimum Gasteiger partial charge on any atom is -0.503 e. The molecule has 2 heterocycles. The van der Waals surface area contributed by atoms with Gasteiger partial charge in [0.15, 0.2) is 11.5 Å². The monoisotopic (exact) mass is 373 g/mol. The summed E-state index contributed by atoms with van der Waals surface area (Å²) in [4.78, 5) is 0. The Balaban J connectivity index is 1.78. The van der Waals surface area contributed by atoms with Crippen LogP contribution >= 0.6 is 11.6 Å². The summed E-state index contributed by atoms with van der Waals surface area (Å²) in [6.07, 6.45) is 2.20. The van der Waals surface area contributed by atoms with Crippen molar-refractivity contribution in [1.82, 2.24) is 0 Å². The molecular formula is C21H24ClNO3. The second-order valence-corrected chi connectivity index (χ2v) is 7.50. The SMILES string of the molecule is CCOc1cc(C2Nc3ccc(C)cc3C3OCCCC23)cc(Cl)c1O. The van der Waals surface area contributed by atoms with Crippen molar-refractivity contribution in [2.45, 2.75) is 38.8 Å². The molecule has 0 saturated carbocycles. The number of aryl methyl sites for hydroxylation is 1. The first-order valence-electron chi connectivity index (χ1n) is 9.22. The number of halogens is 1. The molecule has 2 aliphatic rings. The van der Waals surface area contributed by atoms with Gasteiger partial charge in [-0.1, -0.05) is 29.3 Å². The average Bonchev–Trinajstić information content (AvgIpc) is 2.65. The zero-order valence-electron chi connectivity index (χ0n) is 15.1. The lowest BCUT2D eigenvalue weighted by atomic mass is 9.77. The number of phenolic OH excluding ortho intramolecular Hbond substituents is 1. The molecule has 3 unspecified atom stereocenters. The molecular weight excluding hydrogens is 350 g/mol. The zero-order valence-corrected chi connectivity index (χ0v) is 15.8. The largest absolute Gasteiger partial charge is 0.503 e. The second kappa shape index (κ2) is 7.01. The van der Waals surface area contributed by atoms with Crippen LogP contribution in [0.5, 0.6) is 11.5 Å². The Morgan fingerprint density at radius 1 is 1.31 bits per heavy atom. The number of aromatic hydroxyl groups is 1. The number of benzene rings is 2. The number of phenols is 1. The van der Waals surface area contributed by atoms with E-state index in [9.17, 15) is 5.11 Å². The predicted molar refractivity (Wildman–Crippen MR) is 103 cm³/mol. The fraction of sp³-hybridized carbons (Fsp3) is 0.429. The van der Waals surface area contributed by atoms with E-state index < -0.39 is 0 Å². The molecule has 0 amide bonds. The fourth-order valence-electron chi connectivity index (χ4n) is 4.16. The normalized spacial score (nSPS) is 24.3. The third kappa shape index (κ3) is 3.01. The molecule has 0 aromatic heterocycles. The summed E-state index contributed by atoms with van der Waals surface area (Å²) >= 11 is 6.28. The topological polar surface area (TPSA) is 50.7 Å². The third-order valence-electron chi connectivity index (χ3n) is 5.33. The van der Waals surface area contributed by atoms with E-state index in [1.54, 1.807) is 0 Å². The van der Waals surface area contributed by atoms with Crippen LogP contribution in [0.4, 0.5) is 5.69 Å². The predicted octanol–water partition coefficient (Wildman–Crippen LogP) is 5.39. The summed E-state index contributed by atoms with van der Waals surface area (Å²) in [5.74, 6) is 0.744. The van der Waals surface area contributed by atoms with E-state index in [1.165, 1.54) is 11.1 Å². The summed E-state index contributed by atoms with van der Waals surface area (Å²) < 4.78 is 11.8. The third-order valence-corrected chi connectivity index (χ3v) is 5.62. The van der Waals surface area contributed by atoms with Gasteiger partial charge in [-0.2, -0.15) is 0 Å². The van der Waals surface area contributed by atoms with Crippen LogP contribution in [0.2, 0.25) is 5.02 Å². The highest BCUT2D eigenvalue weighted by Gasteiger charge is 2.40. The van der Waals surface area contributed by atoms with Gasteiger partial charge < -0.3 is 19.9 Å². The van der Waals surface area contributed by atoms with E-state index in [0.717, 1.165) is 30.7 Å². The van der Waals surface area contributed by atoms with Crippen molar-refractivity contribution < 1.29 is 14.6 Å². The molecule has 0 spiro atoms. The number of rotatable bonds is 3. The van der Waals surface area contributed by atoms with Gasteiger partial charge in [0.05, 0.1) is 23.8 Å². The van der Waals surface area contributed by atoms with Gasteiger partial charge in [-0.05, 0) is 50.5 Å². The van der Waals surface area contributed by atoms with E-state index in [4.69, 9.17) is 21.1 Å². The molecule has 26 heavy (non-hydrogen) atoms. The Kier molecular flexibility index (Phi) is 4.72. The van der Waals surface area contributed by atoms with Crippen molar-refractivity contribution >= 4 is 17.3 Å². The number of hydrogen-bond donors (Lipinski definition) is 2. The van der Waals surface area contributed by atoms with Crippen molar-refractivity contribution in [1.29, 1.82) is 0 Å². The molecule has 138 valence electrons. The van der Waals surface area contributed by atoms with E-state index in [2.05, 4.69) is 30.4 Å². The lowest BCUT2D eigenvalue weighted by molar-refractivity contribution is -0.0381. The molecule has 2 aliphatic heterocycles. The molecule has 3 atom stereocenters. The van der Waals surface area contributed by atoms with Gasteiger partial charge in [0.2, 0.25) is 0 Å². The van der Waals surface area contributed by atoms with Crippen molar-refractivity contribution in [3.05, 3.63) is 52.0 Å². The summed E-state index contributed by atoms with van der Waals surface area (Å²) in [6, 6.07) is 10.2. The summed E-state index contributed by atoms with van der Waals surface area (Å²) in [5.41, 5.74) is 4.60. The number of hydrogen-bond acceptors (Lipinski definition) is 4. The van der Waals surface area contributed by atoms with Crippen molar-refractivity contribution in [3.8, 4) is 11.5 Å². The Morgan fingerprint density at radius 2 is 2.15 bits per heavy atom. The van der Waals surface area contributed by atoms with Crippen LogP contribution in [-0.2, 0) is 4.74 Å². The maximum atomic E-state index is 10.2. The minimum absolute atomic E-state index is 0.000505. The Labute approximate surface area is 159 Å². The molecule has 2 aromatic rings. The number of ether oxygens (including phenoxy) is 2. The van der Waals surface area contributed by atoms with Gasteiger partial charge in [-0.25, -0.2) is 0 Å². The molecule has 1 fully saturated rings. The smallest absolute Gasteiger partial charge is 0.176 e. The molecule has 2 aromatic carbocycles. The first kappa shape index (κ1) is 17.5. The molecule has 2 N–H and O–H groups in total. The molecule has 4 rings (SSSR count). The number of anilines is 1. The summed E-state index contributed by atoms with van der Waals surface area (Å²) in [7, 11) is 0. The Hall–Kier alpha value is -1.91. The highest BCUT2D eigenvalue weighted by Crippen LogP contribution is 2.50. The lowest BCUT2D eigenvalue weighted by Crippen LogP contribution is -2.36. The van der Waals surface area contributed by atoms with Crippen LogP contribution in [0, 0.1) is 12.8 Å². The van der Waals surface area contributed by atoms with Crippen LogP contribution in [0.15, 0.2) is 30.3 Å². The van der Waals surface area contributed by atoms with Crippen LogP contribution < -0.4 is 10.1 Å². The first-order valence-corrected chi connectivity index (χ1v) is 9.60. The van der Waals surface area contributed by atoms with Crippen LogP contribution in [0.25, 0.3) is 0 Å². The molecule has 4 nitrogen and oxygen atoms in total. The van der Waals surface area contributed by atoms with Crippen LogP contribution in [0.1, 0.15) is 48.6 Å². The average molecular weight is 374 g/mol. The fourth-order valence-corrected chi connectivity index (χ4v) is 4.38. The standard InChI is InChI=1S/C21H24ClNO3/c1-3-25-18-11-13(10-16(22)20(18)24)19-14-5-4-8-26-21(14)15-9-12(2)6-7-17(15)23-19/h6-7,9-11,14,19,21,23-24H,3-5,8H2,1-2H3. The van der Waals surface area contributed by atoms with E-state index in [0.29, 0.717) is 23.3 Å². The molecule has 0 bridgehead atoms. The van der Waals surface area contributed by atoms with Gasteiger partial charge in [0.25, 0.3) is 0 Å². The summed E-state index contributed by atoms with van der Waals surface area (Å²) in [6.45, 7) is 5.27. The van der Waals surface area contributed by atoms with Crippen LogP contribution in [0.3, 0.4) is 0 Å². The maximum Gasteiger partial charge on any atom is 0.176 e. The summed E-state index contributed by atoms with van der Waals surface area (Å²) in [5, 5.41) is 14.2. The Morgan fingerprint density at radius 3 is 2.96 bits per heavy atom. The number of nitrogens with one attached hydrogen (secondary N) is 1. The molecule has 0 radical (unpaired) electrons. The zero-order chi connectivity index (χ0) is 18.3. The minimum atomic E-state index is 0.000505. The van der Waals surface area contributed by atoms with Gasteiger partial charge in [0, 0.05) is 23.8 Å². The second-order valence-electron chi connectivity index (χ2n) is 7.09. The van der Waals surface area contributed by atoms with Crippen molar-refractivity contribution in [3.63, 3.8) is 0 Å². The number of fused-ring (bicyclic) bond motifs is 3. The van der Waals surface area contributed by atoms with Gasteiger partial charge in [-0.15, -0.1) is 0 Å². The van der Waals surface area contributed by atoms with Gasteiger partial charge in [0.1, 0.15) is 0 Å². The van der Waals surface area contributed by atoms with E-state index in [1.807, 2.05) is 19.1 Å².